The number of rotatable bonds is 5. The molecular formula is C66H57N. The number of benzene rings is 9. The van der Waals surface area contributed by atoms with Gasteiger partial charge in [-0.25, -0.2) is 0 Å². The molecule has 0 amide bonds. The van der Waals surface area contributed by atoms with Crippen molar-refractivity contribution < 1.29 is 0 Å². The lowest BCUT2D eigenvalue weighted by molar-refractivity contribution is 0.588. The topological polar surface area (TPSA) is 3.24 Å². The molecule has 0 saturated heterocycles. The number of fused-ring (bicyclic) bond motifs is 13. The highest BCUT2D eigenvalue weighted by molar-refractivity contribution is 5.97. The largest absolute Gasteiger partial charge is 0.310 e. The van der Waals surface area contributed by atoms with Crippen LogP contribution in [0.25, 0.3) is 33.4 Å². The minimum absolute atomic E-state index is 0.0328. The Balaban J connectivity index is 1.12. The number of hydrogen-bond donors (Lipinski definition) is 0. The first kappa shape index (κ1) is 41.2. The van der Waals surface area contributed by atoms with Gasteiger partial charge in [-0.15, -0.1) is 0 Å². The van der Waals surface area contributed by atoms with Gasteiger partial charge in [-0.2, -0.15) is 0 Å². The van der Waals surface area contributed by atoms with Crippen molar-refractivity contribution >= 4 is 17.1 Å². The van der Waals surface area contributed by atoms with Gasteiger partial charge in [-0.1, -0.05) is 216 Å². The van der Waals surface area contributed by atoms with Gasteiger partial charge in [0.1, 0.15) is 0 Å². The van der Waals surface area contributed by atoms with Crippen molar-refractivity contribution in [1.82, 2.24) is 0 Å². The molecule has 1 nitrogen and oxygen atoms in total. The molecule has 0 aliphatic heterocycles. The van der Waals surface area contributed by atoms with Gasteiger partial charge in [-0.05, 0) is 150 Å². The minimum Gasteiger partial charge on any atom is -0.310 e. The van der Waals surface area contributed by atoms with Crippen molar-refractivity contribution in [3.8, 4) is 33.4 Å². The molecule has 0 saturated carbocycles. The average Bonchev–Trinajstić information content (AvgIpc) is 3.90. The molecule has 67 heavy (non-hydrogen) atoms. The number of hydrogen-bond acceptors (Lipinski definition) is 1. The zero-order chi connectivity index (χ0) is 46.0. The Bertz CT molecular complexity index is 3320. The molecule has 1 heteroatoms. The molecule has 12 rings (SSSR count). The summed E-state index contributed by atoms with van der Waals surface area (Å²) in [6.45, 7) is 18.3. The molecule has 0 unspecified atom stereocenters. The molecule has 0 fully saturated rings. The maximum atomic E-state index is 2.53. The lowest BCUT2D eigenvalue weighted by Gasteiger charge is -2.36. The summed E-state index contributed by atoms with van der Waals surface area (Å²) in [6.07, 6.45) is 0. The Hall–Kier alpha value is -7.22. The summed E-state index contributed by atoms with van der Waals surface area (Å²) in [5.41, 5.74) is 26.1. The maximum absolute atomic E-state index is 2.53. The van der Waals surface area contributed by atoms with Gasteiger partial charge in [0.2, 0.25) is 0 Å². The van der Waals surface area contributed by atoms with Gasteiger partial charge >= 0.3 is 0 Å². The molecule has 9 aromatic carbocycles. The van der Waals surface area contributed by atoms with Crippen LogP contribution in [0.4, 0.5) is 17.1 Å². The lowest BCUT2D eigenvalue weighted by atomic mass is 9.67. The van der Waals surface area contributed by atoms with E-state index in [2.05, 4.69) is 260 Å². The molecule has 3 aliphatic carbocycles. The van der Waals surface area contributed by atoms with Crippen molar-refractivity contribution in [2.75, 3.05) is 4.90 Å². The van der Waals surface area contributed by atoms with Crippen molar-refractivity contribution in [3.05, 3.63) is 267 Å². The van der Waals surface area contributed by atoms with Crippen molar-refractivity contribution in [3.63, 3.8) is 0 Å². The smallest absolute Gasteiger partial charge is 0.0726 e. The first-order chi connectivity index (χ1) is 32.3. The number of para-hydroxylation sites is 1. The number of anilines is 3. The highest BCUT2D eigenvalue weighted by Crippen LogP contribution is 2.64. The van der Waals surface area contributed by atoms with E-state index in [0.29, 0.717) is 0 Å². The minimum atomic E-state index is -0.562. The lowest BCUT2D eigenvalue weighted by Crippen LogP contribution is -2.29. The van der Waals surface area contributed by atoms with Crippen LogP contribution in [0.2, 0.25) is 0 Å². The van der Waals surface area contributed by atoms with Crippen molar-refractivity contribution in [1.29, 1.82) is 0 Å². The molecular weight excluding hydrogens is 807 g/mol. The Morgan fingerprint density at radius 1 is 0.299 bits per heavy atom. The second-order valence-electron chi connectivity index (χ2n) is 21.5. The van der Waals surface area contributed by atoms with Crippen LogP contribution in [-0.2, 0) is 21.7 Å². The normalized spacial score (nSPS) is 14.5. The Labute approximate surface area is 397 Å². The molecule has 1 spiro atoms. The number of nitrogens with zero attached hydrogens (tertiary/aromatic N) is 1. The van der Waals surface area contributed by atoms with Gasteiger partial charge < -0.3 is 4.90 Å². The van der Waals surface area contributed by atoms with Crippen LogP contribution in [0, 0.1) is 13.8 Å². The van der Waals surface area contributed by atoms with Crippen LogP contribution in [0.5, 0.6) is 0 Å². The van der Waals surface area contributed by atoms with E-state index in [4.69, 9.17) is 0 Å². The molecule has 0 aromatic heterocycles. The maximum Gasteiger partial charge on any atom is 0.0726 e. The molecule has 3 aliphatic rings. The van der Waals surface area contributed by atoms with Crippen LogP contribution in [0.15, 0.2) is 200 Å². The van der Waals surface area contributed by atoms with E-state index in [1.807, 2.05) is 0 Å². The van der Waals surface area contributed by atoms with E-state index in [0.717, 1.165) is 17.1 Å². The van der Waals surface area contributed by atoms with Gasteiger partial charge in [0.15, 0.2) is 0 Å². The first-order valence-corrected chi connectivity index (χ1v) is 24.1. The van der Waals surface area contributed by atoms with Gasteiger partial charge in [0.05, 0.1) is 10.8 Å². The highest BCUT2D eigenvalue weighted by Gasteiger charge is 2.52. The van der Waals surface area contributed by atoms with E-state index in [1.54, 1.807) is 0 Å². The zero-order valence-corrected chi connectivity index (χ0v) is 40.0. The summed E-state index contributed by atoms with van der Waals surface area (Å²) in [6, 6.07) is 77.1. The predicted octanol–water partition coefficient (Wildman–Crippen LogP) is 17.1. The summed E-state index contributed by atoms with van der Waals surface area (Å²) in [4.78, 5) is 2.50. The predicted molar refractivity (Wildman–Crippen MR) is 282 cm³/mol. The Morgan fingerprint density at radius 2 is 0.657 bits per heavy atom. The fourth-order valence-electron chi connectivity index (χ4n) is 12.2. The average molecular weight is 864 g/mol. The Kier molecular flexibility index (Phi) is 9.01. The molecule has 0 radical (unpaired) electrons. The van der Waals surface area contributed by atoms with E-state index >= 15 is 0 Å². The molecule has 0 atom stereocenters. The SMILES string of the molecule is Cc1ccc2c(c1)C1(c3ccccc3-c3ccc(N(c4ccccc4)c4ccc5c(c4)C(c4ccc(C(C)(C)C)cc4)(c4ccc(C(C)(C)C)cc4)c4ccccc4-5)cc31)c1cc(C)ccc1-2. The standard InChI is InChI=1S/C66H57N/c1-42-22-34-53-54-35-23-43(2)39-60(54)66(59(53)38-42)58-21-15-13-19-52(58)56-37-33-50(41-62(56)66)67(48-16-10-9-11-17-48)49-32-36-55-51-18-12-14-20-57(51)65(61(55)40-49,46-28-24-44(25-29-46)63(3,4)5)47-30-26-45(27-31-47)64(6,7)8/h9-41H,1-8H3. The van der Waals surface area contributed by atoms with Crippen LogP contribution < -0.4 is 4.90 Å². The molecule has 0 heterocycles. The zero-order valence-electron chi connectivity index (χ0n) is 40.0. The molecule has 9 aromatic rings. The van der Waals surface area contributed by atoms with Gasteiger partial charge in [0, 0.05) is 17.1 Å². The summed E-state index contributed by atoms with van der Waals surface area (Å²) in [7, 11) is 0. The second-order valence-corrected chi connectivity index (χ2v) is 21.5. The fraction of sp³-hybridized carbons (Fsp3) is 0.182. The van der Waals surface area contributed by atoms with Crippen molar-refractivity contribution in [2.24, 2.45) is 0 Å². The van der Waals surface area contributed by atoms with E-state index < -0.39 is 10.8 Å². The summed E-state index contributed by atoms with van der Waals surface area (Å²) in [5, 5.41) is 0. The molecule has 326 valence electrons. The fourth-order valence-corrected chi connectivity index (χ4v) is 12.2. The summed E-state index contributed by atoms with van der Waals surface area (Å²) >= 11 is 0. The quantitative estimate of drug-likeness (QED) is 0.167. The monoisotopic (exact) mass is 863 g/mol. The van der Waals surface area contributed by atoms with Crippen LogP contribution in [0.1, 0.15) is 108 Å². The van der Waals surface area contributed by atoms with Crippen LogP contribution in [-0.4, -0.2) is 0 Å². The van der Waals surface area contributed by atoms with Gasteiger partial charge in [0.25, 0.3) is 0 Å². The summed E-state index contributed by atoms with van der Waals surface area (Å²) in [5.74, 6) is 0. The van der Waals surface area contributed by atoms with Crippen LogP contribution in [0.3, 0.4) is 0 Å². The van der Waals surface area contributed by atoms with E-state index in [9.17, 15) is 0 Å². The third-order valence-electron chi connectivity index (χ3n) is 15.4. The van der Waals surface area contributed by atoms with E-state index in [1.165, 1.54) is 100 Å². The summed E-state index contributed by atoms with van der Waals surface area (Å²) < 4.78 is 0. The van der Waals surface area contributed by atoms with Gasteiger partial charge in [-0.3, -0.25) is 0 Å². The molecule has 0 N–H and O–H groups in total. The van der Waals surface area contributed by atoms with Crippen molar-refractivity contribution in [2.45, 2.75) is 77.0 Å². The van der Waals surface area contributed by atoms with E-state index in [-0.39, 0.29) is 10.8 Å². The second kappa shape index (κ2) is 14.6. The number of aryl methyl sites for hydroxylation is 2. The Morgan fingerprint density at radius 3 is 1.10 bits per heavy atom. The third-order valence-corrected chi connectivity index (χ3v) is 15.4. The first-order valence-electron chi connectivity index (χ1n) is 24.1. The third kappa shape index (κ3) is 5.93. The highest BCUT2D eigenvalue weighted by atomic mass is 15.1. The molecule has 0 bridgehead atoms. The van der Waals surface area contributed by atoms with Crippen LogP contribution >= 0.6 is 0 Å².